The molecule has 0 aliphatic heterocycles. The average Bonchev–Trinajstić information content (AvgIpc) is 2.46. The first-order valence-corrected chi connectivity index (χ1v) is 8.39. The molecule has 1 nitrogen and oxygen atoms in total. The molecule has 0 saturated carbocycles. The van der Waals surface area contributed by atoms with E-state index < -0.39 is 0 Å². The van der Waals surface area contributed by atoms with Gasteiger partial charge in [0.15, 0.2) is 0 Å². The van der Waals surface area contributed by atoms with Crippen LogP contribution in [0.4, 0.5) is 0 Å². The molecule has 0 aromatic heterocycles. The zero-order valence-electron chi connectivity index (χ0n) is 12.7. The van der Waals surface area contributed by atoms with Crippen LogP contribution < -0.4 is 5.32 Å². The number of likely N-dealkylation sites (N-methyl/N-ethyl adjacent to an activating group) is 1. The highest BCUT2D eigenvalue weighted by Crippen LogP contribution is 2.28. The molecule has 0 amide bonds. The summed E-state index contributed by atoms with van der Waals surface area (Å²) in [6, 6.07) is 15.1. The third-order valence-electron chi connectivity index (χ3n) is 3.77. The van der Waals surface area contributed by atoms with E-state index in [1.807, 2.05) is 19.2 Å². The van der Waals surface area contributed by atoms with Crippen LogP contribution >= 0.6 is 27.5 Å². The number of hydrogen-bond acceptors (Lipinski definition) is 1. The van der Waals surface area contributed by atoms with E-state index in [0.717, 1.165) is 21.5 Å². The maximum atomic E-state index is 6.37. The molecule has 21 heavy (non-hydrogen) atoms. The van der Waals surface area contributed by atoms with Crippen LogP contribution in [0.2, 0.25) is 5.02 Å². The standard InChI is InChI=1S/C18H21BrClN/c1-12(2)14-6-4-13(5-7-14)10-18(21-3)16-9-8-15(19)11-17(16)20/h4-9,11-12,18,21H,10H2,1-3H3. The van der Waals surface area contributed by atoms with Gasteiger partial charge in [-0.2, -0.15) is 0 Å². The highest BCUT2D eigenvalue weighted by molar-refractivity contribution is 9.10. The van der Waals surface area contributed by atoms with Gasteiger partial charge in [0, 0.05) is 15.5 Å². The summed E-state index contributed by atoms with van der Waals surface area (Å²) in [5.74, 6) is 0.570. The van der Waals surface area contributed by atoms with Crippen molar-refractivity contribution in [1.82, 2.24) is 5.32 Å². The van der Waals surface area contributed by atoms with E-state index in [1.165, 1.54) is 11.1 Å². The Labute approximate surface area is 140 Å². The van der Waals surface area contributed by atoms with E-state index in [1.54, 1.807) is 0 Å². The summed E-state index contributed by atoms with van der Waals surface area (Å²) < 4.78 is 1.01. The van der Waals surface area contributed by atoms with Crippen LogP contribution in [0.25, 0.3) is 0 Å². The molecule has 2 aromatic carbocycles. The lowest BCUT2D eigenvalue weighted by molar-refractivity contribution is 0.592. The Morgan fingerprint density at radius 2 is 1.76 bits per heavy atom. The van der Waals surface area contributed by atoms with Crippen molar-refractivity contribution >= 4 is 27.5 Å². The monoisotopic (exact) mass is 365 g/mol. The van der Waals surface area contributed by atoms with Crippen molar-refractivity contribution in [2.75, 3.05) is 7.05 Å². The van der Waals surface area contributed by atoms with E-state index >= 15 is 0 Å². The lowest BCUT2D eigenvalue weighted by Crippen LogP contribution is -2.19. The molecule has 112 valence electrons. The third kappa shape index (κ3) is 4.32. The first-order chi connectivity index (χ1) is 10.0. The number of nitrogens with one attached hydrogen (secondary N) is 1. The summed E-state index contributed by atoms with van der Waals surface area (Å²) in [6.45, 7) is 4.43. The largest absolute Gasteiger partial charge is 0.313 e. The Bertz CT molecular complexity index is 593. The van der Waals surface area contributed by atoms with Gasteiger partial charge in [0.1, 0.15) is 0 Å². The molecule has 0 spiro atoms. The van der Waals surface area contributed by atoms with E-state index in [0.29, 0.717) is 5.92 Å². The van der Waals surface area contributed by atoms with Crippen LogP contribution in [-0.2, 0) is 6.42 Å². The van der Waals surface area contributed by atoms with Gasteiger partial charge >= 0.3 is 0 Å². The van der Waals surface area contributed by atoms with Gasteiger partial charge in [-0.05, 0) is 48.2 Å². The molecule has 0 heterocycles. The smallest absolute Gasteiger partial charge is 0.0465 e. The van der Waals surface area contributed by atoms with Crippen molar-refractivity contribution in [2.24, 2.45) is 0 Å². The van der Waals surface area contributed by atoms with Crippen LogP contribution in [0.15, 0.2) is 46.9 Å². The van der Waals surface area contributed by atoms with Gasteiger partial charge in [0.05, 0.1) is 0 Å². The Balaban J connectivity index is 2.18. The minimum atomic E-state index is 0.218. The summed E-state index contributed by atoms with van der Waals surface area (Å²) in [4.78, 5) is 0. The predicted octanol–water partition coefficient (Wildman–Crippen LogP) is 5.73. The van der Waals surface area contributed by atoms with Crippen molar-refractivity contribution < 1.29 is 0 Å². The van der Waals surface area contributed by atoms with Gasteiger partial charge in [-0.1, -0.05) is 71.7 Å². The predicted molar refractivity (Wildman–Crippen MR) is 95.2 cm³/mol. The second kappa shape index (κ2) is 7.44. The van der Waals surface area contributed by atoms with Crippen molar-refractivity contribution in [1.29, 1.82) is 0 Å². The van der Waals surface area contributed by atoms with Crippen LogP contribution in [-0.4, -0.2) is 7.05 Å². The Morgan fingerprint density at radius 3 is 2.29 bits per heavy atom. The molecule has 1 N–H and O–H groups in total. The molecule has 0 bridgehead atoms. The van der Waals surface area contributed by atoms with Crippen LogP contribution in [0.3, 0.4) is 0 Å². The molecule has 2 rings (SSSR count). The van der Waals surface area contributed by atoms with Gasteiger partial charge in [0.25, 0.3) is 0 Å². The van der Waals surface area contributed by atoms with Crippen molar-refractivity contribution in [3.8, 4) is 0 Å². The quantitative estimate of drug-likeness (QED) is 0.712. The van der Waals surface area contributed by atoms with E-state index in [-0.39, 0.29) is 6.04 Å². The Hall–Kier alpha value is -0.830. The summed E-state index contributed by atoms with van der Waals surface area (Å²) in [5, 5.41) is 4.16. The van der Waals surface area contributed by atoms with Crippen molar-refractivity contribution in [3.63, 3.8) is 0 Å². The van der Waals surface area contributed by atoms with Crippen LogP contribution in [0.1, 0.15) is 42.5 Å². The fraction of sp³-hybridized carbons (Fsp3) is 0.333. The van der Waals surface area contributed by atoms with E-state index in [4.69, 9.17) is 11.6 Å². The zero-order valence-corrected chi connectivity index (χ0v) is 15.0. The number of halogens is 2. The summed E-state index contributed by atoms with van der Waals surface area (Å²) in [5.41, 5.74) is 3.83. The van der Waals surface area contributed by atoms with Gasteiger partial charge in [0.2, 0.25) is 0 Å². The van der Waals surface area contributed by atoms with Crippen molar-refractivity contribution in [3.05, 3.63) is 68.7 Å². The van der Waals surface area contributed by atoms with Gasteiger partial charge in [-0.25, -0.2) is 0 Å². The number of hydrogen-bond donors (Lipinski definition) is 1. The van der Waals surface area contributed by atoms with Gasteiger partial charge < -0.3 is 5.32 Å². The number of rotatable bonds is 5. The minimum absolute atomic E-state index is 0.218. The minimum Gasteiger partial charge on any atom is -0.313 e. The lowest BCUT2D eigenvalue weighted by Gasteiger charge is -2.19. The number of benzene rings is 2. The average molecular weight is 367 g/mol. The summed E-state index contributed by atoms with van der Waals surface area (Å²) in [7, 11) is 1.98. The maximum Gasteiger partial charge on any atom is 0.0465 e. The molecule has 0 saturated heterocycles. The molecule has 0 fully saturated rings. The van der Waals surface area contributed by atoms with Gasteiger partial charge in [-0.15, -0.1) is 0 Å². The second-order valence-corrected chi connectivity index (χ2v) is 6.93. The fourth-order valence-electron chi connectivity index (χ4n) is 2.43. The molecular formula is C18H21BrClN. The molecular weight excluding hydrogens is 346 g/mol. The lowest BCUT2D eigenvalue weighted by atomic mass is 9.96. The molecule has 0 aliphatic carbocycles. The van der Waals surface area contributed by atoms with Crippen LogP contribution in [0.5, 0.6) is 0 Å². The highest BCUT2D eigenvalue weighted by Gasteiger charge is 2.14. The zero-order chi connectivity index (χ0) is 15.4. The highest BCUT2D eigenvalue weighted by atomic mass is 79.9. The Kier molecular flexibility index (Phi) is 5.86. The second-order valence-electron chi connectivity index (χ2n) is 5.61. The first-order valence-electron chi connectivity index (χ1n) is 7.22. The van der Waals surface area contributed by atoms with E-state index in [2.05, 4.69) is 65.4 Å². The molecule has 0 radical (unpaired) electrons. The SMILES string of the molecule is CNC(Cc1ccc(C(C)C)cc1)c1ccc(Br)cc1Cl. The molecule has 3 heteroatoms. The molecule has 1 atom stereocenters. The first kappa shape index (κ1) is 16.5. The summed E-state index contributed by atoms with van der Waals surface area (Å²) in [6.07, 6.45) is 0.927. The molecule has 0 aliphatic rings. The van der Waals surface area contributed by atoms with Crippen molar-refractivity contribution in [2.45, 2.75) is 32.2 Å². The van der Waals surface area contributed by atoms with E-state index in [9.17, 15) is 0 Å². The fourth-order valence-corrected chi connectivity index (χ4v) is 3.23. The normalized spacial score (nSPS) is 12.7. The topological polar surface area (TPSA) is 12.0 Å². The maximum absolute atomic E-state index is 6.37. The molecule has 2 aromatic rings. The van der Waals surface area contributed by atoms with Gasteiger partial charge in [-0.3, -0.25) is 0 Å². The Morgan fingerprint density at radius 1 is 1.10 bits per heavy atom. The van der Waals surface area contributed by atoms with Crippen LogP contribution in [0, 0.1) is 0 Å². The summed E-state index contributed by atoms with van der Waals surface area (Å²) >= 11 is 9.82. The molecule has 1 unspecified atom stereocenters. The third-order valence-corrected chi connectivity index (χ3v) is 4.59.